The third-order valence-corrected chi connectivity index (χ3v) is 4.37. The van der Waals surface area contributed by atoms with Gasteiger partial charge in [0.1, 0.15) is 6.04 Å². The van der Waals surface area contributed by atoms with Crippen molar-refractivity contribution in [1.82, 2.24) is 9.96 Å². The van der Waals surface area contributed by atoms with Gasteiger partial charge in [0.05, 0.1) is 11.1 Å². The number of imide groups is 1. The highest BCUT2D eigenvalue weighted by atomic mass is 16.7. The van der Waals surface area contributed by atoms with E-state index in [2.05, 4.69) is 0 Å². The second-order valence-corrected chi connectivity index (χ2v) is 7.27. The van der Waals surface area contributed by atoms with Crippen LogP contribution in [0, 0.1) is 5.41 Å². The molecule has 0 aliphatic carbocycles. The average molecular weight is 344 g/mol. The molecule has 132 valence electrons. The first-order valence-electron chi connectivity index (χ1n) is 8.22. The molecule has 0 radical (unpaired) electrons. The van der Waals surface area contributed by atoms with Crippen molar-refractivity contribution >= 4 is 23.7 Å². The summed E-state index contributed by atoms with van der Waals surface area (Å²) in [6.45, 7) is 5.79. The standard InChI is InChI=1S/C18H20N2O5/c1-18(2,3)17(24)19-10-6-9-13(19)16(23)25-20-14(21)11-7-4-5-8-12(11)15(20)22/h4-5,7-8,13H,6,9-10H2,1-3H3. The van der Waals surface area contributed by atoms with Crippen LogP contribution in [0.1, 0.15) is 54.3 Å². The number of carbonyl (C=O) groups is 4. The van der Waals surface area contributed by atoms with E-state index >= 15 is 0 Å². The van der Waals surface area contributed by atoms with Gasteiger partial charge in [-0.2, -0.15) is 0 Å². The minimum atomic E-state index is -0.781. The molecule has 1 aromatic rings. The second kappa shape index (κ2) is 5.98. The molecule has 1 aromatic carbocycles. The smallest absolute Gasteiger partial charge is 0.328 e. The lowest BCUT2D eigenvalue weighted by atomic mass is 9.94. The van der Waals surface area contributed by atoms with Gasteiger partial charge in [-0.25, -0.2) is 4.79 Å². The maximum absolute atomic E-state index is 12.5. The molecule has 1 fully saturated rings. The molecule has 2 heterocycles. The van der Waals surface area contributed by atoms with E-state index in [-0.39, 0.29) is 17.0 Å². The number of rotatable bonds is 2. The number of likely N-dealkylation sites (tertiary alicyclic amines) is 1. The van der Waals surface area contributed by atoms with Crippen LogP contribution in [0.4, 0.5) is 0 Å². The van der Waals surface area contributed by atoms with Crippen molar-refractivity contribution in [3.05, 3.63) is 35.4 Å². The number of nitrogens with zero attached hydrogens (tertiary/aromatic N) is 2. The number of carbonyl (C=O) groups excluding carboxylic acids is 4. The number of benzene rings is 1. The Kier molecular flexibility index (Phi) is 4.10. The Morgan fingerprint density at radius 1 is 1.08 bits per heavy atom. The van der Waals surface area contributed by atoms with E-state index < -0.39 is 29.2 Å². The van der Waals surface area contributed by atoms with Gasteiger partial charge in [-0.3, -0.25) is 14.4 Å². The molecule has 0 aromatic heterocycles. The van der Waals surface area contributed by atoms with Crippen LogP contribution >= 0.6 is 0 Å². The summed E-state index contributed by atoms with van der Waals surface area (Å²) in [5.41, 5.74) is -0.220. The Bertz CT molecular complexity index is 730. The monoisotopic (exact) mass is 344 g/mol. The number of fused-ring (bicyclic) bond motifs is 1. The van der Waals surface area contributed by atoms with Crippen molar-refractivity contribution in [1.29, 1.82) is 0 Å². The molecule has 0 spiro atoms. The Morgan fingerprint density at radius 3 is 2.16 bits per heavy atom. The van der Waals surface area contributed by atoms with Crippen LogP contribution in [0.2, 0.25) is 0 Å². The lowest BCUT2D eigenvalue weighted by Gasteiger charge is -2.30. The van der Waals surface area contributed by atoms with Crippen molar-refractivity contribution < 1.29 is 24.0 Å². The SMILES string of the molecule is CC(C)(C)C(=O)N1CCCC1C(=O)ON1C(=O)c2ccccc2C1=O. The fraction of sp³-hybridized carbons (Fsp3) is 0.444. The van der Waals surface area contributed by atoms with Gasteiger partial charge in [0.25, 0.3) is 11.8 Å². The number of amides is 3. The molecule has 1 atom stereocenters. The van der Waals surface area contributed by atoms with Crippen LogP contribution < -0.4 is 0 Å². The number of hydrogen-bond donors (Lipinski definition) is 0. The Morgan fingerprint density at radius 2 is 1.64 bits per heavy atom. The Labute approximate surface area is 145 Å². The first kappa shape index (κ1) is 17.1. The van der Waals surface area contributed by atoms with E-state index in [0.29, 0.717) is 24.4 Å². The number of hydrogen-bond acceptors (Lipinski definition) is 5. The third-order valence-electron chi connectivity index (χ3n) is 4.37. The highest BCUT2D eigenvalue weighted by Gasteiger charge is 2.44. The zero-order valence-corrected chi connectivity index (χ0v) is 14.4. The largest absolute Gasteiger partial charge is 0.355 e. The van der Waals surface area contributed by atoms with E-state index in [0.717, 1.165) is 0 Å². The molecule has 1 saturated heterocycles. The van der Waals surface area contributed by atoms with E-state index in [9.17, 15) is 19.2 Å². The second-order valence-electron chi connectivity index (χ2n) is 7.27. The molecular weight excluding hydrogens is 324 g/mol. The van der Waals surface area contributed by atoms with E-state index in [1.807, 2.05) is 0 Å². The minimum Gasteiger partial charge on any atom is -0.328 e. The van der Waals surface area contributed by atoms with Crippen LogP contribution in [-0.2, 0) is 14.4 Å². The summed E-state index contributed by atoms with van der Waals surface area (Å²) >= 11 is 0. The van der Waals surface area contributed by atoms with Crippen molar-refractivity contribution in [2.24, 2.45) is 5.41 Å². The van der Waals surface area contributed by atoms with Gasteiger partial charge in [0.15, 0.2) is 0 Å². The van der Waals surface area contributed by atoms with Crippen LogP contribution in [-0.4, -0.2) is 46.2 Å². The highest BCUT2D eigenvalue weighted by molar-refractivity contribution is 6.20. The minimum absolute atomic E-state index is 0.158. The normalized spacial score (nSPS) is 20.0. The summed E-state index contributed by atoms with van der Waals surface area (Å²) in [6, 6.07) is 5.51. The fourth-order valence-corrected chi connectivity index (χ4v) is 3.09. The van der Waals surface area contributed by atoms with E-state index in [1.165, 1.54) is 17.0 Å². The molecule has 3 amide bonds. The van der Waals surface area contributed by atoms with Crippen LogP contribution in [0.15, 0.2) is 24.3 Å². The first-order chi connectivity index (χ1) is 11.7. The van der Waals surface area contributed by atoms with Crippen LogP contribution in [0.5, 0.6) is 0 Å². The van der Waals surface area contributed by atoms with Gasteiger partial charge in [-0.15, -0.1) is 0 Å². The lowest BCUT2D eigenvalue weighted by Crippen LogP contribution is -2.48. The van der Waals surface area contributed by atoms with Crippen LogP contribution in [0.25, 0.3) is 0 Å². The van der Waals surface area contributed by atoms with Gasteiger partial charge < -0.3 is 9.74 Å². The molecule has 3 rings (SSSR count). The summed E-state index contributed by atoms with van der Waals surface area (Å²) in [4.78, 5) is 56.1. The predicted molar refractivity (Wildman–Crippen MR) is 87.2 cm³/mol. The van der Waals surface area contributed by atoms with E-state index in [1.54, 1.807) is 32.9 Å². The Hall–Kier alpha value is -2.70. The molecule has 0 N–H and O–H groups in total. The van der Waals surface area contributed by atoms with Gasteiger partial charge in [0, 0.05) is 12.0 Å². The summed E-state index contributed by atoms with van der Waals surface area (Å²) < 4.78 is 0. The lowest BCUT2D eigenvalue weighted by molar-refractivity contribution is -0.176. The maximum atomic E-state index is 12.5. The zero-order chi connectivity index (χ0) is 18.4. The van der Waals surface area contributed by atoms with Gasteiger partial charge in [-0.1, -0.05) is 38.0 Å². The summed E-state index contributed by atoms with van der Waals surface area (Å²) in [7, 11) is 0. The molecule has 0 saturated carbocycles. The molecule has 2 aliphatic heterocycles. The van der Waals surface area contributed by atoms with Gasteiger partial charge in [0.2, 0.25) is 5.91 Å². The molecule has 2 aliphatic rings. The van der Waals surface area contributed by atoms with Crippen molar-refractivity contribution in [2.45, 2.75) is 39.7 Å². The molecule has 7 nitrogen and oxygen atoms in total. The van der Waals surface area contributed by atoms with E-state index in [4.69, 9.17) is 4.84 Å². The predicted octanol–water partition coefficient (Wildman–Crippen LogP) is 1.78. The summed E-state index contributed by atoms with van der Waals surface area (Å²) in [5, 5.41) is 0.491. The molecule has 25 heavy (non-hydrogen) atoms. The van der Waals surface area contributed by atoms with Crippen molar-refractivity contribution in [3.63, 3.8) is 0 Å². The van der Waals surface area contributed by atoms with Crippen molar-refractivity contribution in [2.75, 3.05) is 6.54 Å². The van der Waals surface area contributed by atoms with Crippen molar-refractivity contribution in [3.8, 4) is 0 Å². The fourth-order valence-electron chi connectivity index (χ4n) is 3.09. The number of hydroxylamine groups is 2. The van der Waals surface area contributed by atoms with Gasteiger partial charge in [-0.05, 0) is 25.0 Å². The first-order valence-corrected chi connectivity index (χ1v) is 8.22. The molecule has 7 heteroatoms. The summed E-state index contributed by atoms with van der Waals surface area (Å²) in [6.07, 6.45) is 1.12. The summed E-state index contributed by atoms with van der Waals surface area (Å²) in [5.74, 6) is -2.25. The molecular formula is C18H20N2O5. The average Bonchev–Trinajstić information content (AvgIpc) is 3.13. The quantitative estimate of drug-likeness (QED) is 0.764. The third kappa shape index (κ3) is 2.90. The molecule has 0 bridgehead atoms. The Balaban J connectivity index is 1.76. The maximum Gasteiger partial charge on any atom is 0.355 e. The van der Waals surface area contributed by atoms with Gasteiger partial charge >= 0.3 is 5.97 Å². The topological polar surface area (TPSA) is 84.0 Å². The highest BCUT2D eigenvalue weighted by Crippen LogP contribution is 2.28. The zero-order valence-electron chi connectivity index (χ0n) is 14.4. The van der Waals surface area contributed by atoms with Crippen LogP contribution in [0.3, 0.4) is 0 Å². The molecule has 1 unspecified atom stereocenters.